The molecule has 14 nitrogen and oxygen atoms in total. The van der Waals surface area contributed by atoms with Crippen molar-refractivity contribution in [3.63, 3.8) is 0 Å². The highest BCUT2D eigenvalue weighted by molar-refractivity contribution is 5.94. The zero-order chi connectivity index (χ0) is 25.5. The van der Waals surface area contributed by atoms with Crippen LogP contribution in [0.15, 0.2) is 64.3 Å². The number of aliphatic carboxylic acids is 1. The van der Waals surface area contributed by atoms with Crippen molar-refractivity contribution in [3.05, 3.63) is 71.5 Å². The summed E-state index contributed by atoms with van der Waals surface area (Å²) in [5.74, 6) is -1.19. The molecule has 0 aliphatic rings. The van der Waals surface area contributed by atoms with E-state index in [9.17, 15) is 9.59 Å². The zero-order valence-corrected chi connectivity index (χ0v) is 19.0. The third kappa shape index (κ3) is 5.61. The maximum Gasteiger partial charge on any atom is 0.341 e. The molecule has 0 radical (unpaired) electrons. The Morgan fingerprint density at radius 1 is 1.19 bits per heavy atom. The van der Waals surface area contributed by atoms with Crippen LogP contribution in [0.5, 0.6) is 5.75 Å². The fourth-order valence-electron chi connectivity index (χ4n) is 3.14. The third-order valence-corrected chi connectivity index (χ3v) is 4.88. The first-order chi connectivity index (χ1) is 17.4. The number of hydrogen-bond donors (Lipinski definition) is 3. The minimum atomic E-state index is -1.07. The monoisotopic (exact) mass is 491 g/mol. The van der Waals surface area contributed by atoms with Crippen molar-refractivity contribution in [2.24, 2.45) is 5.10 Å². The van der Waals surface area contributed by atoms with Crippen LogP contribution in [0.2, 0.25) is 0 Å². The van der Waals surface area contributed by atoms with Crippen molar-refractivity contribution in [2.75, 3.05) is 24.3 Å². The molecule has 0 bridgehead atoms. The Bertz CT molecular complexity index is 1370. The smallest absolute Gasteiger partial charge is 0.341 e. The molecule has 0 aliphatic heterocycles. The van der Waals surface area contributed by atoms with Gasteiger partial charge in [-0.1, -0.05) is 23.4 Å². The van der Waals surface area contributed by atoms with Gasteiger partial charge in [0.25, 0.3) is 5.91 Å². The van der Waals surface area contributed by atoms with Crippen molar-refractivity contribution in [1.29, 1.82) is 0 Å². The number of hydrazone groups is 1. The summed E-state index contributed by atoms with van der Waals surface area (Å²) in [7, 11) is 1.85. The second kappa shape index (κ2) is 10.8. The molecule has 2 heterocycles. The van der Waals surface area contributed by atoms with E-state index in [4.69, 9.17) is 15.6 Å². The second-order valence-electron chi connectivity index (χ2n) is 7.41. The first-order valence-electron chi connectivity index (χ1n) is 10.5. The summed E-state index contributed by atoms with van der Waals surface area (Å²) in [6.45, 7) is -0.213. The Hall–Kier alpha value is -5.27. The summed E-state index contributed by atoms with van der Waals surface area (Å²) in [5, 5.41) is 28.0. The number of rotatable bonds is 10. The van der Waals surface area contributed by atoms with Gasteiger partial charge < -0.3 is 20.5 Å². The molecule has 184 valence electrons. The molecule has 2 aromatic heterocycles. The molecule has 4 N–H and O–H groups in total. The fourth-order valence-corrected chi connectivity index (χ4v) is 3.14. The minimum absolute atomic E-state index is 0.00903. The number of carboxylic acid groups (broad SMARTS) is 1. The number of para-hydroxylation sites is 1. The lowest BCUT2D eigenvalue weighted by atomic mass is 10.2. The standard InChI is InChI=1S/C22H21N9O5/c1-30(15-5-3-2-4-6-15)12-17-19(25-29-31(17)21-20(23)27-36-28-21)22(34)26-24-11-14-7-9-16(10-8-14)35-13-18(32)33/h2-11H,12-13H2,1H3,(H2,23,27)(H,26,34)(H,32,33)/b24-11+. The van der Waals surface area contributed by atoms with Crippen LogP contribution in [0, 0.1) is 0 Å². The number of amides is 1. The molecular weight excluding hydrogens is 470 g/mol. The number of nitrogens with one attached hydrogen (secondary N) is 1. The van der Waals surface area contributed by atoms with Gasteiger partial charge >= 0.3 is 5.97 Å². The number of aromatic nitrogens is 5. The summed E-state index contributed by atoms with van der Waals surface area (Å²) >= 11 is 0. The molecule has 4 aromatic rings. The summed E-state index contributed by atoms with van der Waals surface area (Å²) in [6, 6.07) is 16.0. The lowest BCUT2D eigenvalue weighted by Gasteiger charge is -2.19. The van der Waals surface area contributed by atoms with E-state index >= 15 is 0 Å². The molecule has 1 amide bonds. The highest BCUT2D eigenvalue weighted by atomic mass is 16.6. The van der Waals surface area contributed by atoms with E-state index in [0.717, 1.165) is 5.69 Å². The average molecular weight is 491 g/mol. The summed E-state index contributed by atoms with van der Waals surface area (Å²) in [4.78, 5) is 25.4. The van der Waals surface area contributed by atoms with E-state index in [-0.39, 0.29) is 23.9 Å². The van der Waals surface area contributed by atoms with E-state index < -0.39 is 18.5 Å². The number of hydrogen-bond acceptors (Lipinski definition) is 11. The van der Waals surface area contributed by atoms with Crippen LogP contribution in [0.4, 0.5) is 11.5 Å². The number of benzene rings is 2. The van der Waals surface area contributed by atoms with Crippen molar-refractivity contribution < 1.29 is 24.1 Å². The Morgan fingerprint density at radius 3 is 2.61 bits per heavy atom. The number of carboxylic acids is 1. The quantitative estimate of drug-likeness (QED) is 0.213. The normalized spacial score (nSPS) is 10.9. The predicted octanol–water partition coefficient (Wildman–Crippen LogP) is 1.10. The number of nitrogens with two attached hydrogens (primary N) is 1. The number of ether oxygens (including phenoxy) is 1. The van der Waals surface area contributed by atoms with Gasteiger partial charge in [0.05, 0.1) is 18.5 Å². The summed E-state index contributed by atoms with van der Waals surface area (Å²) in [6.07, 6.45) is 1.42. The molecule has 4 rings (SSSR count). The second-order valence-corrected chi connectivity index (χ2v) is 7.41. The summed E-state index contributed by atoms with van der Waals surface area (Å²) in [5.41, 5.74) is 10.2. The van der Waals surface area contributed by atoms with Crippen LogP contribution in [-0.4, -0.2) is 62.2 Å². The van der Waals surface area contributed by atoms with Crippen LogP contribution >= 0.6 is 0 Å². The molecule has 0 atom stereocenters. The SMILES string of the molecule is CN(Cc1c(C(=O)N/N=C/c2ccc(OCC(=O)O)cc2)nnn1-c1nonc1N)c1ccccc1. The highest BCUT2D eigenvalue weighted by Gasteiger charge is 2.25. The maximum absolute atomic E-state index is 12.9. The number of nitrogen functional groups attached to an aromatic ring is 1. The highest BCUT2D eigenvalue weighted by Crippen LogP contribution is 2.20. The molecule has 0 fully saturated rings. The van der Waals surface area contributed by atoms with Crippen LogP contribution < -0.4 is 20.8 Å². The van der Waals surface area contributed by atoms with Crippen molar-refractivity contribution in [3.8, 4) is 11.6 Å². The van der Waals surface area contributed by atoms with E-state index in [0.29, 0.717) is 17.0 Å². The zero-order valence-electron chi connectivity index (χ0n) is 19.0. The van der Waals surface area contributed by atoms with Gasteiger partial charge in [-0.15, -0.1) is 5.10 Å². The minimum Gasteiger partial charge on any atom is -0.482 e. The van der Waals surface area contributed by atoms with Crippen LogP contribution in [0.25, 0.3) is 5.82 Å². The lowest BCUT2D eigenvalue weighted by Crippen LogP contribution is -2.24. The molecule has 14 heteroatoms. The maximum atomic E-state index is 12.9. The van der Waals surface area contributed by atoms with Gasteiger partial charge in [0.1, 0.15) is 5.75 Å². The molecule has 0 spiro atoms. The topological polar surface area (TPSA) is 187 Å². The molecule has 36 heavy (non-hydrogen) atoms. The Labute approximate surface area is 203 Å². The van der Waals surface area contributed by atoms with Crippen LogP contribution in [-0.2, 0) is 11.3 Å². The van der Waals surface area contributed by atoms with Gasteiger partial charge in [-0.25, -0.2) is 14.8 Å². The van der Waals surface area contributed by atoms with Gasteiger partial charge in [-0.2, -0.15) is 9.78 Å². The lowest BCUT2D eigenvalue weighted by molar-refractivity contribution is -0.139. The Balaban J connectivity index is 1.51. The van der Waals surface area contributed by atoms with Crippen molar-refractivity contribution >= 4 is 29.6 Å². The largest absolute Gasteiger partial charge is 0.482 e. The van der Waals surface area contributed by atoms with Crippen LogP contribution in [0.3, 0.4) is 0 Å². The van der Waals surface area contributed by atoms with E-state index in [2.05, 4.69) is 35.8 Å². The fraction of sp³-hybridized carbons (Fsp3) is 0.136. The average Bonchev–Trinajstić information content (AvgIpc) is 3.49. The molecule has 0 unspecified atom stereocenters. The Morgan fingerprint density at radius 2 is 1.94 bits per heavy atom. The van der Waals surface area contributed by atoms with E-state index in [1.165, 1.54) is 10.9 Å². The third-order valence-electron chi connectivity index (χ3n) is 4.88. The molecule has 0 aliphatic carbocycles. The number of anilines is 2. The van der Waals surface area contributed by atoms with Gasteiger partial charge in [-0.3, -0.25) is 4.79 Å². The number of carbonyl (C=O) groups excluding carboxylic acids is 1. The number of carbonyl (C=O) groups is 2. The molecule has 0 saturated heterocycles. The predicted molar refractivity (Wildman–Crippen MR) is 127 cm³/mol. The Kier molecular flexibility index (Phi) is 7.14. The van der Waals surface area contributed by atoms with Gasteiger partial charge in [-0.05, 0) is 52.3 Å². The van der Waals surface area contributed by atoms with Crippen molar-refractivity contribution in [2.45, 2.75) is 6.54 Å². The van der Waals surface area contributed by atoms with E-state index in [1.807, 2.05) is 42.3 Å². The first-order valence-corrected chi connectivity index (χ1v) is 10.5. The van der Waals surface area contributed by atoms with Crippen LogP contribution in [0.1, 0.15) is 21.7 Å². The van der Waals surface area contributed by atoms with Gasteiger partial charge in [0.2, 0.25) is 11.6 Å². The molecule has 2 aromatic carbocycles. The number of nitrogens with zero attached hydrogens (tertiary/aromatic N) is 7. The van der Waals surface area contributed by atoms with Gasteiger partial charge in [0.15, 0.2) is 12.3 Å². The molecule has 0 saturated carbocycles. The van der Waals surface area contributed by atoms with Crippen molar-refractivity contribution in [1.82, 2.24) is 30.7 Å². The van der Waals surface area contributed by atoms with Gasteiger partial charge in [0, 0.05) is 12.7 Å². The molecular formula is C22H21N9O5. The van der Waals surface area contributed by atoms with E-state index in [1.54, 1.807) is 24.3 Å². The summed E-state index contributed by atoms with van der Waals surface area (Å²) < 4.78 is 11.0. The first kappa shape index (κ1) is 23.9.